The van der Waals surface area contributed by atoms with Crippen LogP contribution in [0.25, 0.3) is 0 Å². The van der Waals surface area contributed by atoms with Crippen LogP contribution in [0.2, 0.25) is 0 Å². The number of benzene rings is 1. The van der Waals surface area contributed by atoms with Crippen LogP contribution >= 0.6 is 0 Å². The number of rotatable bonds is 22. The van der Waals surface area contributed by atoms with Crippen LogP contribution in [0.1, 0.15) is 160 Å². The molecule has 8 heteroatoms. The van der Waals surface area contributed by atoms with E-state index in [1.165, 1.54) is 6.07 Å². The van der Waals surface area contributed by atoms with Gasteiger partial charge in [-0.15, -0.1) is 0 Å². The molecule has 0 aliphatic carbocycles. The van der Waals surface area contributed by atoms with Crippen LogP contribution in [0.3, 0.4) is 0 Å². The summed E-state index contributed by atoms with van der Waals surface area (Å²) in [5.41, 5.74) is -1.48. The van der Waals surface area contributed by atoms with E-state index in [9.17, 15) is 24.3 Å². The minimum absolute atomic E-state index is 0.0854. The van der Waals surface area contributed by atoms with Gasteiger partial charge in [0.15, 0.2) is 0 Å². The maximum atomic E-state index is 13.6. The lowest BCUT2D eigenvalue weighted by atomic mass is 9.95. The average molecular weight is 591 g/mol. The van der Waals surface area contributed by atoms with Crippen LogP contribution < -0.4 is 0 Å². The van der Waals surface area contributed by atoms with E-state index in [-0.39, 0.29) is 43.1 Å². The second-order valence-corrected chi connectivity index (χ2v) is 11.3. The SMILES string of the molecule is CCCCC(CC)COC(=O)c1ccc(C(=O)O)c(C(=O)OCC(CC)CCCC)c1C(=O)OCC(CC)CCCC. The Morgan fingerprint density at radius 1 is 0.571 bits per heavy atom. The fourth-order valence-electron chi connectivity index (χ4n) is 4.87. The van der Waals surface area contributed by atoms with Crippen molar-refractivity contribution in [2.75, 3.05) is 19.8 Å². The van der Waals surface area contributed by atoms with Gasteiger partial charge in [-0.3, -0.25) is 0 Å². The maximum absolute atomic E-state index is 13.6. The molecule has 1 rings (SSSR count). The van der Waals surface area contributed by atoms with Gasteiger partial charge in [-0.05, 0) is 49.1 Å². The summed E-state index contributed by atoms with van der Waals surface area (Å²) in [6.45, 7) is 12.6. The molecule has 0 aromatic heterocycles. The highest BCUT2D eigenvalue weighted by Gasteiger charge is 2.33. The van der Waals surface area contributed by atoms with Gasteiger partial charge in [0.1, 0.15) is 0 Å². The molecule has 1 aromatic rings. The molecule has 0 fully saturated rings. The Hall–Kier alpha value is -2.90. The molecule has 0 amide bonds. The average Bonchev–Trinajstić information content (AvgIpc) is 3.00. The predicted octanol–water partition coefficient (Wildman–Crippen LogP) is 8.50. The van der Waals surface area contributed by atoms with E-state index in [2.05, 4.69) is 20.8 Å². The van der Waals surface area contributed by atoms with Crippen LogP contribution in [-0.2, 0) is 14.2 Å². The third-order valence-corrected chi connectivity index (χ3v) is 8.04. The minimum atomic E-state index is -1.41. The second kappa shape index (κ2) is 20.9. The van der Waals surface area contributed by atoms with Gasteiger partial charge in [0, 0.05) is 0 Å². The van der Waals surface area contributed by atoms with E-state index in [0.29, 0.717) is 0 Å². The lowest BCUT2D eigenvalue weighted by Crippen LogP contribution is -2.25. The number of carbonyl (C=O) groups is 4. The van der Waals surface area contributed by atoms with Gasteiger partial charge in [-0.1, -0.05) is 99.3 Å². The summed E-state index contributed by atoms with van der Waals surface area (Å²) < 4.78 is 16.9. The summed E-state index contributed by atoms with van der Waals surface area (Å²) in [6.07, 6.45) is 11.0. The number of carboxylic acid groups (broad SMARTS) is 1. The van der Waals surface area contributed by atoms with Crippen LogP contribution in [0, 0.1) is 17.8 Å². The first-order chi connectivity index (χ1) is 20.2. The van der Waals surface area contributed by atoms with Gasteiger partial charge in [-0.2, -0.15) is 0 Å². The molecular formula is C34H54O8. The molecule has 8 nitrogen and oxygen atoms in total. The molecule has 0 saturated carbocycles. The maximum Gasteiger partial charge on any atom is 0.339 e. The molecule has 0 aliphatic rings. The number of hydrogen-bond acceptors (Lipinski definition) is 7. The van der Waals surface area contributed by atoms with Gasteiger partial charge >= 0.3 is 23.9 Å². The smallest absolute Gasteiger partial charge is 0.339 e. The predicted molar refractivity (Wildman–Crippen MR) is 164 cm³/mol. The molecule has 0 spiro atoms. The summed E-state index contributed by atoms with van der Waals surface area (Å²) in [7, 11) is 0. The topological polar surface area (TPSA) is 116 Å². The summed E-state index contributed by atoms with van der Waals surface area (Å²) >= 11 is 0. The standard InChI is InChI=1S/C34H54O8/c1-7-13-16-24(10-4)21-40-32(37)28-20-19-27(31(35)36)29(33(38)41-22-25(11-5)17-14-8-2)30(28)34(39)42-23-26(12-6)18-15-9-3/h19-20,24-26H,7-18,21-23H2,1-6H3,(H,35,36). The Bertz CT molecular complexity index is 986. The molecule has 0 aliphatic heterocycles. The summed E-state index contributed by atoms with van der Waals surface area (Å²) in [4.78, 5) is 52.7. The Labute approximate surface area is 252 Å². The number of unbranched alkanes of at least 4 members (excludes halogenated alkanes) is 3. The summed E-state index contributed by atoms with van der Waals surface area (Å²) in [5, 5.41) is 9.96. The van der Waals surface area contributed by atoms with Gasteiger partial charge in [0.05, 0.1) is 42.1 Å². The quantitative estimate of drug-likeness (QED) is 0.106. The highest BCUT2D eigenvalue weighted by molar-refractivity contribution is 6.14. The van der Waals surface area contributed by atoms with Crippen molar-refractivity contribution in [3.05, 3.63) is 34.4 Å². The fraction of sp³-hybridized carbons (Fsp3) is 0.706. The number of aromatic carboxylic acids is 1. The second-order valence-electron chi connectivity index (χ2n) is 11.3. The highest BCUT2D eigenvalue weighted by atomic mass is 16.5. The molecule has 3 atom stereocenters. The van der Waals surface area contributed by atoms with Gasteiger partial charge in [0.25, 0.3) is 0 Å². The van der Waals surface area contributed by atoms with Crippen LogP contribution in [-0.4, -0.2) is 48.8 Å². The first kappa shape index (κ1) is 37.1. The zero-order valence-electron chi connectivity index (χ0n) is 26.8. The van der Waals surface area contributed by atoms with Crippen molar-refractivity contribution in [2.45, 2.75) is 119 Å². The first-order valence-corrected chi connectivity index (χ1v) is 16.1. The number of hydrogen-bond donors (Lipinski definition) is 1. The van der Waals surface area contributed by atoms with Crippen molar-refractivity contribution in [1.82, 2.24) is 0 Å². The molecule has 238 valence electrons. The molecule has 0 saturated heterocycles. The normalized spacial score (nSPS) is 13.2. The van der Waals surface area contributed by atoms with E-state index in [1.54, 1.807) is 0 Å². The minimum Gasteiger partial charge on any atom is -0.478 e. The van der Waals surface area contributed by atoms with Gasteiger partial charge < -0.3 is 19.3 Å². The van der Waals surface area contributed by atoms with Crippen molar-refractivity contribution >= 4 is 23.9 Å². The lowest BCUT2D eigenvalue weighted by Gasteiger charge is -2.20. The van der Waals surface area contributed by atoms with E-state index in [1.807, 2.05) is 20.8 Å². The fourth-order valence-corrected chi connectivity index (χ4v) is 4.87. The number of ether oxygens (including phenoxy) is 3. The number of carboxylic acids is 1. The first-order valence-electron chi connectivity index (χ1n) is 16.1. The molecule has 1 N–H and O–H groups in total. The van der Waals surface area contributed by atoms with Crippen LogP contribution in [0.15, 0.2) is 12.1 Å². The zero-order valence-corrected chi connectivity index (χ0v) is 26.8. The van der Waals surface area contributed by atoms with Crippen molar-refractivity contribution in [3.8, 4) is 0 Å². The van der Waals surface area contributed by atoms with E-state index < -0.39 is 40.6 Å². The molecule has 0 radical (unpaired) electrons. The van der Waals surface area contributed by atoms with Crippen molar-refractivity contribution in [3.63, 3.8) is 0 Å². The zero-order chi connectivity index (χ0) is 31.5. The van der Waals surface area contributed by atoms with Crippen LogP contribution in [0.5, 0.6) is 0 Å². The molecule has 1 aromatic carbocycles. The van der Waals surface area contributed by atoms with E-state index in [0.717, 1.165) is 83.1 Å². The van der Waals surface area contributed by atoms with Crippen LogP contribution in [0.4, 0.5) is 0 Å². The monoisotopic (exact) mass is 590 g/mol. The molecule has 0 bridgehead atoms. The Morgan fingerprint density at radius 3 is 1.24 bits per heavy atom. The van der Waals surface area contributed by atoms with Gasteiger partial charge in [-0.25, -0.2) is 19.2 Å². The van der Waals surface area contributed by atoms with Crippen molar-refractivity contribution in [1.29, 1.82) is 0 Å². The third-order valence-electron chi connectivity index (χ3n) is 8.04. The summed E-state index contributed by atoms with van der Waals surface area (Å²) in [6, 6.07) is 2.39. The Morgan fingerprint density at radius 2 is 0.905 bits per heavy atom. The number of carbonyl (C=O) groups excluding carboxylic acids is 3. The molecule has 42 heavy (non-hydrogen) atoms. The largest absolute Gasteiger partial charge is 0.478 e. The Kier molecular flexibility index (Phi) is 18.5. The van der Waals surface area contributed by atoms with Gasteiger partial charge in [0.2, 0.25) is 0 Å². The van der Waals surface area contributed by atoms with E-state index >= 15 is 0 Å². The van der Waals surface area contributed by atoms with Crippen molar-refractivity contribution < 1.29 is 38.5 Å². The Balaban J connectivity index is 3.50. The third kappa shape index (κ3) is 12.1. The lowest BCUT2D eigenvalue weighted by molar-refractivity contribution is 0.0358. The highest BCUT2D eigenvalue weighted by Crippen LogP contribution is 2.26. The molecular weight excluding hydrogens is 536 g/mol. The number of esters is 3. The van der Waals surface area contributed by atoms with Crippen molar-refractivity contribution in [2.24, 2.45) is 17.8 Å². The molecule has 3 unspecified atom stereocenters. The molecule has 0 heterocycles. The summed E-state index contributed by atoms with van der Waals surface area (Å²) in [5.74, 6) is -3.73. The van der Waals surface area contributed by atoms with E-state index in [4.69, 9.17) is 14.2 Å².